The second-order valence-electron chi connectivity index (χ2n) is 4.93. The lowest BCUT2D eigenvalue weighted by Crippen LogP contribution is -2.48. The number of nitrogens with two attached hydrogens (primary N) is 1. The Morgan fingerprint density at radius 3 is 2.80 bits per heavy atom. The first-order valence-electron chi connectivity index (χ1n) is 6.86. The van der Waals surface area contributed by atoms with Gasteiger partial charge in [0.1, 0.15) is 0 Å². The first-order valence-corrected chi connectivity index (χ1v) is 7.68. The summed E-state index contributed by atoms with van der Waals surface area (Å²) in [6.07, 6.45) is 0.589. The minimum absolute atomic E-state index is 0.246. The first-order chi connectivity index (χ1) is 9.67. The largest absolute Gasteiger partial charge is 0.375 e. The maximum absolute atomic E-state index is 11.7. The second-order valence-corrected chi connectivity index (χ2v) is 5.99. The summed E-state index contributed by atoms with van der Waals surface area (Å²) in [7, 11) is 0. The van der Waals surface area contributed by atoms with Gasteiger partial charge in [-0.15, -0.1) is 0 Å². The molecular formula is C14H18N4OS. The van der Waals surface area contributed by atoms with Gasteiger partial charge < -0.3 is 15.5 Å². The van der Waals surface area contributed by atoms with E-state index < -0.39 is 0 Å². The van der Waals surface area contributed by atoms with Crippen LogP contribution < -0.4 is 10.6 Å². The molecule has 1 amide bonds. The van der Waals surface area contributed by atoms with E-state index in [4.69, 9.17) is 5.73 Å². The van der Waals surface area contributed by atoms with Crippen molar-refractivity contribution in [2.45, 2.75) is 13.3 Å². The van der Waals surface area contributed by atoms with E-state index in [0.29, 0.717) is 11.6 Å². The molecule has 0 unspecified atom stereocenters. The molecule has 0 aliphatic carbocycles. The molecule has 20 heavy (non-hydrogen) atoms. The van der Waals surface area contributed by atoms with Gasteiger partial charge in [-0.1, -0.05) is 18.3 Å². The number of fused-ring (bicyclic) bond motifs is 1. The van der Waals surface area contributed by atoms with E-state index in [1.54, 1.807) is 0 Å². The van der Waals surface area contributed by atoms with Crippen LogP contribution in [0.3, 0.4) is 0 Å². The van der Waals surface area contributed by atoms with Crippen LogP contribution in [0.1, 0.15) is 13.3 Å². The molecule has 1 saturated heterocycles. The van der Waals surface area contributed by atoms with Crippen molar-refractivity contribution in [2.75, 3.05) is 36.8 Å². The molecule has 5 nitrogen and oxygen atoms in total. The number of hydrogen-bond acceptors (Lipinski definition) is 5. The molecule has 6 heteroatoms. The lowest BCUT2D eigenvalue weighted by atomic mass is 10.2. The van der Waals surface area contributed by atoms with E-state index in [1.165, 1.54) is 17.0 Å². The number of nitrogen functional groups attached to an aromatic ring is 1. The zero-order valence-electron chi connectivity index (χ0n) is 11.5. The number of rotatable bonds is 2. The molecular weight excluding hydrogens is 272 g/mol. The van der Waals surface area contributed by atoms with Gasteiger partial charge in [-0.05, 0) is 18.2 Å². The predicted molar refractivity (Wildman–Crippen MR) is 83.1 cm³/mol. The highest BCUT2D eigenvalue weighted by molar-refractivity contribution is 7.22. The quantitative estimate of drug-likeness (QED) is 0.918. The lowest BCUT2D eigenvalue weighted by molar-refractivity contribution is -0.131. The first kappa shape index (κ1) is 13.2. The number of aromatic nitrogens is 1. The van der Waals surface area contributed by atoms with Crippen LogP contribution in [0.5, 0.6) is 0 Å². The van der Waals surface area contributed by atoms with Crippen molar-refractivity contribution >= 4 is 38.3 Å². The summed E-state index contributed by atoms with van der Waals surface area (Å²) < 4.78 is 1.12. The van der Waals surface area contributed by atoms with Crippen LogP contribution in [0.2, 0.25) is 0 Å². The van der Waals surface area contributed by atoms with E-state index in [9.17, 15) is 4.79 Å². The Morgan fingerprint density at radius 1 is 1.35 bits per heavy atom. The highest BCUT2D eigenvalue weighted by atomic mass is 32.1. The highest BCUT2D eigenvalue weighted by Gasteiger charge is 2.20. The van der Waals surface area contributed by atoms with Gasteiger partial charge in [0.25, 0.3) is 0 Å². The molecule has 1 aromatic heterocycles. The Labute approximate surface area is 122 Å². The van der Waals surface area contributed by atoms with Gasteiger partial charge in [-0.2, -0.15) is 0 Å². The molecule has 2 aromatic rings. The fraction of sp³-hybridized carbons (Fsp3) is 0.429. The fourth-order valence-corrected chi connectivity index (χ4v) is 3.33. The van der Waals surface area contributed by atoms with E-state index in [1.807, 2.05) is 17.9 Å². The minimum Gasteiger partial charge on any atom is -0.375 e. The van der Waals surface area contributed by atoms with Crippen LogP contribution in [0.25, 0.3) is 10.2 Å². The monoisotopic (exact) mass is 290 g/mol. The van der Waals surface area contributed by atoms with E-state index in [2.05, 4.69) is 22.0 Å². The average Bonchev–Trinajstić information content (AvgIpc) is 2.85. The molecule has 0 saturated carbocycles. The molecule has 3 rings (SSSR count). The van der Waals surface area contributed by atoms with E-state index in [-0.39, 0.29) is 5.91 Å². The van der Waals surface area contributed by atoms with Crippen molar-refractivity contribution in [3.05, 3.63) is 18.2 Å². The summed E-state index contributed by atoms with van der Waals surface area (Å²) in [5, 5.41) is 0.607. The summed E-state index contributed by atoms with van der Waals surface area (Å²) in [5.41, 5.74) is 7.88. The van der Waals surface area contributed by atoms with Crippen molar-refractivity contribution in [3.8, 4) is 0 Å². The minimum atomic E-state index is 0.246. The summed E-state index contributed by atoms with van der Waals surface area (Å²) in [6.45, 7) is 5.28. The van der Waals surface area contributed by atoms with Crippen LogP contribution in [-0.4, -0.2) is 42.0 Å². The number of piperazine rings is 1. The van der Waals surface area contributed by atoms with E-state index in [0.717, 1.165) is 36.4 Å². The molecule has 1 aliphatic rings. The Balaban J connectivity index is 1.74. The van der Waals surface area contributed by atoms with Gasteiger partial charge in [0, 0.05) is 38.3 Å². The number of carbonyl (C=O) groups is 1. The summed E-state index contributed by atoms with van der Waals surface area (Å²) >= 11 is 1.51. The molecule has 106 valence electrons. The van der Waals surface area contributed by atoms with Gasteiger partial charge in [0.05, 0.1) is 10.2 Å². The van der Waals surface area contributed by atoms with Crippen molar-refractivity contribution in [3.63, 3.8) is 0 Å². The molecule has 1 aliphatic heterocycles. The topological polar surface area (TPSA) is 62.5 Å². The number of anilines is 2. The molecule has 0 spiro atoms. The maximum Gasteiger partial charge on any atom is 0.222 e. The Bertz CT molecular complexity index is 631. The third-order valence-corrected chi connectivity index (χ3v) is 4.54. The highest BCUT2D eigenvalue weighted by Crippen LogP contribution is 2.28. The van der Waals surface area contributed by atoms with Gasteiger partial charge in [0.2, 0.25) is 5.91 Å². The molecule has 0 bridgehead atoms. The SMILES string of the molecule is CCC(=O)N1CCN(c2ccc3nc(N)sc3c2)CC1. The number of hydrogen-bond donors (Lipinski definition) is 1. The molecule has 0 atom stereocenters. The predicted octanol–water partition coefficient (Wildman–Crippen LogP) is 1.94. The Hall–Kier alpha value is -1.82. The van der Waals surface area contributed by atoms with Crippen LogP contribution in [-0.2, 0) is 4.79 Å². The number of thiazole rings is 1. The van der Waals surface area contributed by atoms with Gasteiger partial charge in [-0.25, -0.2) is 4.98 Å². The van der Waals surface area contributed by atoms with Crippen LogP contribution in [0.15, 0.2) is 18.2 Å². The van der Waals surface area contributed by atoms with E-state index >= 15 is 0 Å². The van der Waals surface area contributed by atoms with Gasteiger partial charge in [0.15, 0.2) is 5.13 Å². The maximum atomic E-state index is 11.7. The zero-order chi connectivity index (χ0) is 14.1. The lowest BCUT2D eigenvalue weighted by Gasteiger charge is -2.36. The molecule has 1 aromatic carbocycles. The zero-order valence-corrected chi connectivity index (χ0v) is 12.3. The molecule has 0 radical (unpaired) electrons. The molecule has 2 N–H and O–H groups in total. The van der Waals surface area contributed by atoms with Crippen molar-refractivity contribution in [1.82, 2.24) is 9.88 Å². The standard InChI is InChI=1S/C14H18N4OS/c1-2-13(19)18-7-5-17(6-8-18)10-3-4-11-12(9-10)20-14(15)16-11/h3-4,9H,2,5-8H2,1H3,(H2,15,16). The number of benzene rings is 1. The molecule has 1 fully saturated rings. The Kier molecular flexibility index (Phi) is 3.48. The molecule has 2 heterocycles. The second kappa shape index (κ2) is 5.28. The van der Waals surface area contributed by atoms with Crippen molar-refractivity contribution in [2.24, 2.45) is 0 Å². The number of amides is 1. The number of carbonyl (C=O) groups excluding carboxylic acids is 1. The fourth-order valence-electron chi connectivity index (χ4n) is 2.57. The van der Waals surface area contributed by atoms with Gasteiger partial charge >= 0.3 is 0 Å². The smallest absolute Gasteiger partial charge is 0.222 e. The third kappa shape index (κ3) is 2.43. The van der Waals surface area contributed by atoms with Crippen LogP contribution >= 0.6 is 11.3 Å². The van der Waals surface area contributed by atoms with Gasteiger partial charge in [-0.3, -0.25) is 4.79 Å². The Morgan fingerprint density at radius 2 is 2.10 bits per heavy atom. The van der Waals surface area contributed by atoms with Crippen LogP contribution in [0.4, 0.5) is 10.8 Å². The average molecular weight is 290 g/mol. The van der Waals surface area contributed by atoms with Crippen molar-refractivity contribution < 1.29 is 4.79 Å². The summed E-state index contributed by atoms with van der Waals surface area (Å²) in [4.78, 5) is 20.2. The number of nitrogens with zero attached hydrogens (tertiary/aromatic N) is 3. The van der Waals surface area contributed by atoms with Crippen LogP contribution in [0, 0.1) is 0 Å². The third-order valence-electron chi connectivity index (χ3n) is 3.69. The summed E-state index contributed by atoms with van der Waals surface area (Å²) in [6, 6.07) is 6.24. The summed E-state index contributed by atoms with van der Waals surface area (Å²) in [5.74, 6) is 0.246. The normalized spacial score (nSPS) is 15.8. The van der Waals surface area contributed by atoms with Crippen molar-refractivity contribution in [1.29, 1.82) is 0 Å².